The molecule has 4 heteroatoms. The lowest BCUT2D eigenvalue weighted by atomic mass is 9.92. The van der Waals surface area contributed by atoms with Crippen LogP contribution in [0, 0.1) is 5.92 Å². The molecule has 4 rings (SSSR count). The average molecular weight is 276 g/mol. The Morgan fingerprint density at radius 3 is 3.05 bits per heavy atom. The van der Waals surface area contributed by atoms with Crippen LogP contribution in [0.5, 0.6) is 5.75 Å². The van der Waals surface area contributed by atoms with Crippen LogP contribution in [0.1, 0.15) is 19.3 Å². The summed E-state index contributed by atoms with van der Waals surface area (Å²) in [5.74, 6) is 3.07. The fourth-order valence-electron chi connectivity index (χ4n) is 3.27. The lowest BCUT2D eigenvalue weighted by Gasteiger charge is -2.47. The predicted molar refractivity (Wildman–Crippen MR) is 77.6 cm³/mol. The maximum atomic E-state index is 6.03. The summed E-state index contributed by atoms with van der Waals surface area (Å²) in [5.41, 5.74) is 0. The van der Waals surface area contributed by atoms with E-state index in [4.69, 9.17) is 4.74 Å². The largest absolute Gasteiger partial charge is 0.488 e. The molecule has 0 aromatic carbocycles. The average Bonchev–Trinajstić information content (AvgIpc) is 3.10. The van der Waals surface area contributed by atoms with Crippen LogP contribution in [0.4, 0.5) is 0 Å². The minimum Gasteiger partial charge on any atom is -0.488 e. The summed E-state index contributed by atoms with van der Waals surface area (Å²) in [6, 6.07) is 3.94. The van der Waals surface area contributed by atoms with Crippen molar-refractivity contribution in [3.63, 3.8) is 0 Å². The zero-order valence-corrected chi connectivity index (χ0v) is 11.9. The topological polar surface area (TPSA) is 25.4 Å². The van der Waals surface area contributed by atoms with Crippen LogP contribution in [0.25, 0.3) is 0 Å². The highest BCUT2D eigenvalue weighted by Gasteiger charge is 2.50. The van der Waals surface area contributed by atoms with Gasteiger partial charge in [0.25, 0.3) is 0 Å². The molecule has 2 saturated heterocycles. The predicted octanol–water partition coefficient (Wildman–Crippen LogP) is 2.43. The van der Waals surface area contributed by atoms with Crippen LogP contribution in [-0.4, -0.2) is 46.1 Å². The van der Waals surface area contributed by atoms with Crippen LogP contribution >= 0.6 is 11.8 Å². The Bertz CT molecular complexity index is 443. The number of ether oxygens (including phenoxy) is 1. The van der Waals surface area contributed by atoms with Gasteiger partial charge in [0.15, 0.2) is 0 Å². The maximum Gasteiger partial charge on any atom is 0.138 e. The highest BCUT2D eigenvalue weighted by atomic mass is 32.2. The third kappa shape index (κ3) is 2.61. The van der Waals surface area contributed by atoms with E-state index in [0.717, 1.165) is 17.4 Å². The number of rotatable bonds is 4. The van der Waals surface area contributed by atoms with Crippen LogP contribution in [0.2, 0.25) is 0 Å². The second-order valence-corrected chi connectivity index (χ2v) is 7.73. The molecule has 2 aliphatic heterocycles. The molecule has 1 spiro atoms. The number of thioether (sulfide) groups is 1. The fraction of sp³-hybridized carbons (Fsp3) is 0.667. The Morgan fingerprint density at radius 2 is 2.32 bits per heavy atom. The summed E-state index contributed by atoms with van der Waals surface area (Å²) in [7, 11) is 0. The first-order chi connectivity index (χ1) is 9.31. The van der Waals surface area contributed by atoms with Crippen molar-refractivity contribution in [1.29, 1.82) is 0 Å². The minimum absolute atomic E-state index is 0.372. The van der Waals surface area contributed by atoms with Crippen molar-refractivity contribution < 1.29 is 4.74 Å². The van der Waals surface area contributed by atoms with Crippen molar-refractivity contribution in [2.75, 3.05) is 25.4 Å². The lowest BCUT2D eigenvalue weighted by molar-refractivity contribution is 0.0941. The van der Waals surface area contributed by atoms with Gasteiger partial charge in [-0.15, -0.1) is 11.8 Å². The van der Waals surface area contributed by atoms with Gasteiger partial charge in [-0.05, 0) is 30.9 Å². The SMILES string of the molecule is c1cncc(OC2CSC3(C2)CN(CC2CC2)C3)c1. The molecule has 102 valence electrons. The molecular formula is C15H20N2OS. The maximum absolute atomic E-state index is 6.03. The standard InChI is InChI=1S/C15H20N2OS/c1-2-13(7-16-5-1)18-14-6-15(19-9-14)10-17(11-15)8-12-3-4-12/h1-2,5,7,12,14H,3-4,6,8-11H2. The second kappa shape index (κ2) is 4.67. The molecule has 3 nitrogen and oxygen atoms in total. The molecule has 1 atom stereocenters. The summed E-state index contributed by atoms with van der Waals surface area (Å²) >= 11 is 2.12. The molecule has 1 aliphatic carbocycles. The Morgan fingerprint density at radius 1 is 1.42 bits per heavy atom. The van der Waals surface area contributed by atoms with Crippen molar-refractivity contribution in [2.45, 2.75) is 30.1 Å². The number of nitrogens with zero attached hydrogens (tertiary/aromatic N) is 2. The second-order valence-electron chi connectivity index (χ2n) is 6.24. The smallest absolute Gasteiger partial charge is 0.138 e. The van der Waals surface area contributed by atoms with Crippen LogP contribution in [0.15, 0.2) is 24.5 Å². The first-order valence-electron chi connectivity index (χ1n) is 7.24. The van der Waals surface area contributed by atoms with Crippen LogP contribution < -0.4 is 4.74 Å². The molecule has 0 amide bonds. The van der Waals surface area contributed by atoms with Crippen molar-refractivity contribution in [2.24, 2.45) is 5.92 Å². The Kier molecular flexibility index (Phi) is 2.96. The van der Waals surface area contributed by atoms with Crippen molar-refractivity contribution in [3.05, 3.63) is 24.5 Å². The van der Waals surface area contributed by atoms with Gasteiger partial charge in [-0.2, -0.15) is 0 Å². The minimum atomic E-state index is 0.372. The van der Waals surface area contributed by atoms with E-state index in [1.165, 1.54) is 38.9 Å². The number of hydrogen-bond donors (Lipinski definition) is 0. The monoisotopic (exact) mass is 276 g/mol. The molecule has 1 aromatic rings. The Balaban J connectivity index is 1.29. The van der Waals surface area contributed by atoms with Gasteiger partial charge in [-0.25, -0.2) is 0 Å². The third-order valence-electron chi connectivity index (χ3n) is 4.35. The zero-order valence-electron chi connectivity index (χ0n) is 11.1. The van der Waals surface area contributed by atoms with Gasteiger partial charge < -0.3 is 9.64 Å². The first kappa shape index (κ1) is 12.0. The molecule has 1 aromatic heterocycles. The summed E-state index contributed by atoms with van der Waals surface area (Å²) in [6.07, 6.45) is 8.10. The Hall–Kier alpha value is -0.740. The van der Waals surface area contributed by atoms with Crippen molar-refractivity contribution >= 4 is 11.8 Å². The molecule has 3 heterocycles. The summed E-state index contributed by atoms with van der Waals surface area (Å²) < 4.78 is 6.54. The van der Waals surface area contributed by atoms with E-state index < -0.39 is 0 Å². The molecule has 1 saturated carbocycles. The van der Waals surface area contributed by atoms with E-state index in [1.807, 2.05) is 18.3 Å². The molecule has 3 aliphatic rings. The molecule has 3 fully saturated rings. The van der Waals surface area contributed by atoms with Crippen molar-refractivity contribution in [1.82, 2.24) is 9.88 Å². The number of pyridine rings is 1. The number of hydrogen-bond acceptors (Lipinski definition) is 4. The van der Waals surface area contributed by atoms with E-state index in [1.54, 1.807) is 6.20 Å². The molecule has 0 bridgehead atoms. The van der Waals surface area contributed by atoms with Gasteiger partial charge in [-0.3, -0.25) is 4.98 Å². The van der Waals surface area contributed by atoms with Gasteiger partial charge in [0.05, 0.1) is 6.20 Å². The van der Waals surface area contributed by atoms with Gasteiger partial charge in [0.2, 0.25) is 0 Å². The van der Waals surface area contributed by atoms with Gasteiger partial charge in [-0.1, -0.05) is 0 Å². The van der Waals surface area contributed by atoms with Crippen molar-refractivity contribution in [3.8, 4) is 5.75 Å². The fourth-order valence-corrected chi connectivity index (χ4v) is 4.85. The number of aromatic nitrogens is 1. The van der Waals surface area contributed by atoms with Crippen LogP contribution in [-0.2, 0) is 0 Å². The normalized spacial score (nSPS) is 29.4. The van der Waals surface area contributed by atoms with Gasteiger partial charge in [0.1, 0.15) is 11.9 Å². The zero-order chi connectivity index (χ0) is 12.7. The van der Waals surface area contributed by atoms with E-state index in [0.29, 0.717) is 10.9 Å². The molecule has 1 unspecified atom stereocenters. The van der Waals surface area contributed by atoms with Crippen LogP contribution in [0.3, 0.4) is 0 Å². The number of likely N-dealkylation sites (tertiary alicyclic amines) is 1. The lowest BCUT2D eigenvalue weighted by Crippen LogP contribution is -2.59. The van der Waals surface area contributed by atoms with Gasteiger partial charge in [0, 0.05) is 42.8 Å². The van der Waals surface area contributed by atoms with Gasteiger partial charge >= 0.3 is 0 Å². The third-order valence-corrected chi connectivity index (χ3v) is 5.92. The molecule has 0 N–H and O–H groups in total. The molecule has 0 radical (unpaired) electrons. The molecular weight excluding hydrogens is 256 g/mol. The van der Waals surface area contributed by atoms with E-state index in [2.05, 4.69) is 21.6 Å². The summed E-state index contributed by atoms with van der Waals surface area (Å²) in [4.78, 5) is 6.74. The van der Waals surface area contributed by atoms with E-state index in [-0.39, 0.29) is 0 Å². The summed E-state index contributed by atoms with van der Waals surface area (Å²) in [5, 5.41) is 0. The Labute approximate surface area is 118 Å². The quantitative estimate of drug-likeness (QED) is 0.843. The molecule has 19 heavy (non-hydrogen) atoms. The first-order valence-corrected chi connectivity index (χ1v) is 8.23. The van der Waals surface area contributed by atoms with E-state index >= 15 is 0 Å². The highest BCUT2D eigenvalue weighted by Crippen LogP contribution is 2.47. The summed E-state index contributed by atoms with van der Waals surface area (Å²) in [6.45, 7) is 3.90. The van der Waals surface area contributed by atoms with E-state index in [9.17, 15) is 0 Å². The highest BCUT2D eigenvalue weighted by molar-refractivity contribution is 8.01.